The highest BCUT2D eigenvalue weighted by molar-refractivity contribution is 7.89. The molecule has 13 heteroatoms. The van der Waals surface area contributed by atoms with Gasteiger partial charge in [-0.15, -0.1) is 0 Å². The maximum Gasteiger partial charge on any atom is 0.258 e. The molecule has 1 saturated heterocycles. The Hall–Kier alpha value is -5.19. The molecule has 0 radical (unpaired) electrons. The highest BCUT2D eigenvalue weighted by Crippen LogP contribution is 2.36. The SMILES string of the molecule is CCC(C(=O)n1ccc2c(-c3cnn(C4(CC#N)CN(S(=O)(=O)CC)C4)c3)ncnc21)c1ccc(N2Cc3ccccc3C2=O)cc1. The minimum atomic E-state index is -3.37. The fourth-order valence-corrected chi connectivity index (χ4v) is 7.85. The number of anilines is 1. The lowest BCUT2D eigenvalue weighted by Gasteiger charge is -2.47. The number of fused-ring (bicyclic) bond motifs is 2. The van der Waals surface area contributed by atoms with E-state index in [0.29, 0.717) is 40.8 Å². The highest BCUT2D eigenvalue weighted by atomic mass is 32.2. The van der Waals surface area contributed by atoms with Crippen molar-refractivity contribution in [3.05, 3.63) is 96.2 Å². The van der Waals surface area contributed by atoms with Gasteiger partial charge in [0.2, 0.25) is 15.9 Å². The largest absolute Gasteiger partial charge is 0.304 e. The number of carbonyl (C=O) groups is 2. The molecule has 47 heavy (non-hydrogen) atoms. The van der Waals surface area contributed by atoms with E-state index in [9.17, 15) is 23.3 Å². The van der Waals surface area contributed by atoms with Gasteiger partial charge >= 0.3 is 0 Å². The lowest BCUT2D eigenvalue weighted by Crippen LogP contribution is -2.64. The standard InChI is InChI=1S/C34H32N8O4S/c1-3-27(23-9-11-26(12-10-23)41-18-24-7-5-6-8-28(24)33(41)44)32(43)40-16-13-29-30(36-22-37-31(29)40)25-17-38-42(19-25)34(14-15-35)20-39(21-34)47(45,46)4-2/h5-13,16-17,19,22,27H,3-4,14,18,20-21H2,1-2H3. The molecule has 238 valence electrons. The summed E-state index contributed by atoms with van der Waals surface area (Å²) in [6.07, 6.45) is 7.18. The van der Waals surface area contributed by atoms with Gasteiger partial charge in [-0.2, -0.15) is 14.7 Å². The second-order valence-electron chi connectivity index (χ2n) is 12.0. The van der Waals surface area contributed by atoms with Crippen LogP contribution in [0.1, 0.15) is 58.9 Å². The van der Waals surface area contributed by atoms with Crippen molar-refractivity contribution < 1.29 is 18.0 Å². The minimum Gasteiger partial charge on any atom is -0.304 e. The molecule has 1 amide bonds. The van der Waals surface area contributed by atoms with Crippen LogP contribution in [-0.2, 0) is 22.1 Å². The summed E-state index contributed by atoms with van der Waals surface area (Å²) in [4.78, 5) is 37.6. The number of nitrogens with zero attached hydrogens (tertiary/aromatic N) is 8. The van der Waals surface area contributed by atoms with Gasteiger partial charge in [-0.25, -0.2) is 18.4 Å². The molecule has 0 saturated carbocycles. The lowest BCUT2D eigenvalue weighted by molar-refractivity contribution is 0.0719. The number of rotatable bonds is 9. The normalized spacial score (nSPS) is 16.5. The maximum absolute atomic E-state index is 14.0. The molecular formula is C34H32N8O4S. The molecule has 0 aliphatic carbocycles. The Labute approximate surface area is 271 Å². The van der Waals surface area contributed by atoms with Crippen molar-refractivity contribution in [1.29, 1.82) is 5.26 Å². The van der Waals surface area contributed by atoms with E-state index < -0.39 is 21.5 Å². The Kier molecular flexibility index (Phi) is 7.49. The van der Waals surface area contributed by atoms with E-state index in [-0.39, 0.29) is 37.1 Å². The Balaban J connectivity index is 1.14. The van der Waals surface area contributed by atoms with Crippen molar-refractivity contribution in [3.63, 3.8) is 0 Å². The number of hydrogen-bond acceptors (Lipinski definition) is 8. The van der Waals surface area contributed by atoms with E-state index in [2.05, 4.69) is 21.1 Å². The zero-order valence-corrected chi connectivity index (χ0v) is 26.8. The molecule has 2 aliphatic heterocycles. The van der Waals surface area contributed by atoms with Crippen LogP contribution in [0.4, 0.5) is 5.69 Å². The van der Waals surface area contributed by atoms with Crippen LogP contribution in [0.5, 0.6) is 0 Å². The Morgan fingerprint density at radius 1 is 1.06 bits per heavy atom. The summed E-state index contributed by atoms with van der Waals surface area (Å²) >= 11 is 0. The Morgan fingerprint density at radius 3 is 2.53 bits per heavy atom. The smallest absolute Gasteiger partial charge is 0.258 e. The quantitative estimate of drug-likeness (QED) is 0.226. The van der Waals surface area contributed by atoms with Crippen molar-refractivity contribution in [2.24, 2.45) is 0 Å². The van der Waals surface area contributed by atoms with E-state index in [1.54, 1.807) is 45.7 Å². The van der Waals surface area contributed by atoms with Crippen molar-refractivity contribution in [3.8, 4) is 17.3 Å². The zero-order valence-electron chi connectivity index (χ0n) is 25.9. The first-order valence-electron chi connectivity index (χ1n) is 15.5. The number of carbonyl (C=O) groups excluding carboxylic acids is 2. The first-order chi connectivity index (χ1) is 22.7. The van der Waals surface area contributed by atoms with Crippen LogP contribution in [-0.4, -0.2) is 67.7 Å². The van der Waals surface area contributed by atoms with Crippen LogP contribution in [0.3, 0.4) is 0 Å². The van der Waals surface area contributed by atoms with Crippen molar-refractivity contribution in [1.82, 2.24) is 28.6 Å². The van der Waals surface area contributed by atoms with Gasteiger partial charge in [0.15, 0.2) is 5.65 Å². The molecule has 1 atom stereocenters. The molecule has 0 spiro atoms. The van der Waals surface area contributed by atoms with Gasteiger partial charge in [-0.3, -0.25) is 18.8 Å². The highest BCUT2D eigenvalue weighted by Gasteiger charge is 2.49. The minimum absolute atomic E-state index is 0.00627. The average Bonchev–Trinajstić information content (AvgIpc) is 3.81. The summed E-state index contributed by atoms with van der Waals surface area (Å²) in [7, 11) is -3.37. The van der Waals surface area contributed by atoms with Gasteiger partial charge in [-0.05, 0) is 48.7 Å². The third-order valence-electron chi connectivity index (χ3n) is 9.30. The van der Waals surface area contributed by atoms with E-state index in [1.165, 1.54) is 10.6 Å². The van der Waals surface area contributed by atoms with Gasteiger partial charge in [0.1, 0.15) is 11.9 Å². The van der Waals surface area contributed by atoms with Crippen LogP contribution in [0.15, 0.2) is 79.5 Å². The number of benzene rings is 2. The summed E-state index contributed by atoms with van der Waals surface area (Å²) in [6.45, 7) is 4.41. The number of amides is 1. The van der Waals surface area contributed by atoms with Crippen LogP contribution in [0, 0.1) is 11.3 Å². The van der Waals surface area contributed by atoms with E-state index in [1.807, 2.05) is 55.5 Å². The summed E-state index contributed by atoms with van der Waals surface area (Å²) in [5.41, 5.74) is 4.26. The predicted octanol–water partition coefficient (Wildman–Crippen LogP) is 4.56. The van der Waals surface area contributed by atoms with Crippen LogP contribution in [0.2, 0.25) is 0 Å². The third-order valence-corrected chi connectivity index (χ3v) is 11.1. The van der Waals surface area contributed by atoms with Crippen molar-refractivity contribution in [2.75, 3.05) is 23.7 Å². The number of nitriles is 1. The molecule has 3 aromatic heterocycles. The molecule has 2 aromatic carbocycles. The first-order valence-corrected chi connectivity index (χ1v) is 17.1. The van der Waals surface area contributed by atoms with Crippen molar-refractivity contribution >= 4 is 38.6 Å². The average molecular weight is 649 g/mol. The molecule has 0 bridgehead atoms. The van der Waals surface area contributed by atoms with E-state index >= 15 is 0 Å². The van der Waals surface area contributed by atoms with Gasteiger partial charge < -0.3 is 4.90 Å². The fraction of sp³-hybridized carbons (Fsp3) is 0.294. The molecule has 0 N–H and O–H groups in total. The van der Waals surface area contributed by atoms with Gasteiger partial charge in [-0.1, -0.05) is 37.3 Å². The fourth-order valence-electron chi connectivity index (χ4n) is 6.61. The van der Waals surface area contributed by atoms with Crippen LogP contribution < -0.4 is 4.90 Å². The summed E-state index contributed by atoms with van der Waals surface area (Å²) in [5.74, 6) is -0.622. The molecule has 12 nitrogen and oxygen atoms in total. The van der Waals surface area contributed by atoms with Gasteiger partial charge in [0.25, 0.3) is 5.91 Å². The Bertz CT molecular complexity index is 2180. The predicted molar refractivity (Wildman–Crippen MR) is 175 cm³/mol. The van der Waals surface area contributed by atoms with Crippen LogP contribution in [0.25, 0.3) is 22.3 Å². The second kappa shape index (κ2) is 11.6. The zero-order chi connectivity index (χ0) is 32.9. The summed E-state index contributed by atoms with van der Waals surface area (Å²) in [6, 6.07) is 19.2. The van der Waals surface area contributed by atoms with Gasteiger partial charge in [0, 0.05) is 47.7 Å². The monoisotopic (exact) mass is 648 g/mol. The van der Waals surface area contributed by atoms with E-state index in [4.69, 9.17) is 0 Å². The molecule has 2 aliphatic rings. The second-order valence-corrected chi connectivity index (χ2v) is 14.2. The Morgan fingerprint density at radius 2 is 1.83 bits per heavy atom. The maximum atomic E-state index is 14.0. The summed E-state index contributed by atoms with van der Waals surface area (Å²) < 4.78 is 29.3. The number of hydrogen-bond donors (Lipinski definition) is 0. The third kappa shape index (κ3) is 5.01. The molecule has 5 aromatic rings. The molecule has 5 heterocycles. The molecular weight excluding hydrogens is 616 g/mol. The van der Waals surface area contributed by atoms with Crippen LogP contribution >= 0.6 is 0 Å². The van der Waals surface area contributed by atoms with E-state index in [0.717, 1.165) is 16.8 Å². The molecule has 7 rings (SSSR count). The van der Waals surface area contributed by atoms with Gasteiger partial charge in [0.05, 0.1) is 42.6 Å². The number of sulfonamides is 1. The number of aromatic nitrogens is 5. The molecule has 1 unspecified atom stereocenters. The first kappa shape index (κ1) is 30.5. The topological polar surface area (TPSA) is 147 Å². The lowest BCUT2D eigenvalue weighted by atomic mass is 9.89. The summed E-state index contributed by atoms with van der Waals surface area (Å²) in [5, 5.41) is 14.7. The molecule has 1 fully saturated rings. The van der Waals surface area contributed by atoms with Crippen molar-refractivity contribution in [2.45, 2.75) is 44.7 Å².